The molecule has 0 bridgehead atoms. The zero-order chi connectivity index (χ0) is 16.4. The summed E-state index contributed by atoms with van der Waals surface area (Å²) >= 11 is 1.34. The van der Waals surface area contributed by atoms with E-state index in [1.807, 2.05) is 4.90 Å². The molecule has 0 saturated carbocycles. The van der Waals surface area contributed by atoms with Crippen LogP contribution in [0, 0.1) is 0 Å². The topological polar surface area (TPSA) is 33.2 Å². The summed E-state index contributed by atoms with van der Waals surface area (Å²) in [4.78, 5) is 18.3. The van der Waals surface area contributed by atoms with Gasteiger partial charge < -0.3 is 4.90 Å². The van der Waals surface area contributed by atoms with E-state index in [0.29, 0.717) is 16.3 Å². The number of hydrogen-bond donors (Lipinski definition) is 0. The molecule has 0 atom stereocenters. The Balaban J connectivity index is 1.70. The molecule has 23 heavy (non-hydrogen) atoms. The van der Waals surface area contributed by atoms with Gasteiger partial charge in [-0.15, -0.1) is 11.3 Å². The highest BCUT2D eigenvalue weighted by molar-refractivity contribution is 7.13. The summed E-state index contributed by atoms with van der Waals surface area (Å²) in [5, 5.41) is 2.42. The Morgan fingerprint density at radius 2 is 1.83 bits per heavy atom. The highest BCUT2D eigenvalue weighted by Crippen LogP contribution is 2.31. The van der Waals surface area contributed by atoms with Gasteiger partial charge >= 0.3 is 6.18 Å². The minimum absolute atomic E-state index is 0.0618. The van der Waals surface area contributed by atoms with Crippen molar-refractivity contribution < 1.29 is 18.0 Å². The lowest BCUT2D eigenvalue weighted by molar-refractivity contribution is -0.137. The molecule has 2 aromatic rings. The lowest BCUT2D eigenvalue weighted by Gasteiger charge is -2.13. The number of carbonyl (C=O) groups excluding carboxylic acids is 1. The quantitative estimate of drug-likeness (QED) is 0.846. The predicted octanol–water partition coefficient (Wildman–Crippen LogP) is 3.99. The second-order valence-electron chi connectivity index (χ2n) is 5.48. The normalized spacial score (nSPS) is 15.2. The SMILES string of the molecule is O=C(Cc1csc(-c2ccc(C(F)(F)F)cc2)n1)N1CCCC1. The Hall–Kier alpha value is -1.89. The average molecular weight is 340 g/mol. The van der Waals surface area contributed by atoms with Gasteiger partial charge in [-0.3, -0.25) is 4.79 Å². The number of nitrogens with zero attached hydrogens (tertiary/aromatic N) is 2. The zero-order valence-electron chi connectivity index (χ0n) is 12.3. The van der Waals surface area contributed by atoms with Gasteiger partial charge in [0.2, 0.25) is 5.91 Å². The molecule has 0 radical (unpaired) electrons. The molecule has 0 spiro atoms. The Morgan fingerprint density at radius 3 is 2.43 bits per heavy atom. The van der Waals surface area contributed by atoms with E-state index < -0.39 is 11.7 Å². The molecule has 0 N–H and O–H groups in total. The van der Waals surface area contributed by atoms with Gasteiger partial charge in [0.05, 0.1) is 17.7 Å². The van der Waals surface area contributed by atoms with E-state index in [-0.39, 0.29) is 12.3 Å². The summed E-state index contributed by atoms with van der Waals surface area (Å²) in [7, 11) is 0. The van der Waals surface area contributed by atoms with Crippen LogP contribution in [0.4, 0.5) is 13.2 Å². The first-order chi connectivity index (χ1) is 10.9. The van der Waals surface area contributed by atoms with E-state index in [2.05, 4.69) is 4.98 Å². The molecular weight excluding hydrogens is 325 g/mol. The predicted molar refractivity (Wildman–Crippen MR) is 82.1 cm³/mol. The van der Waals surface area contributed by atoms with Gasteiger partial charge in [0.25, 0.3) is 0 Å². The number of likely N-dealkylation sites (tertiary alicyclic amines) is 1. The number of benzene rings is 1. The highest BCUT2D eigenvalue weighted by atomic mass is 32.1. The first-order valence-corrected chi connectivity index (χ1v) is 8.21. The minimum atomic E-state index is -4.34. The first kappa shape index (κ1) is 16.0. The third-order valence-corrected chi connectivity index (χ3v) is 4.74. The summed E-state index contributed by atoms with van der Waals surface area (Å²) < 4.78 is 37.7. The van der Waals surface area contributed by atoms with E-state index >= 15 is 0 Å². The maximum absolute atomic E-state index is 12.6. The molecule has 1 amide bonds. The smallest absolute Gasteiger partial charge is 0.342 e. The van der Waals surface area contributed by atoms with E-state index in [0.717, 1.165) is 38.1 Å². The van der Waals surface area contributed by atoms with E-state index in [1.54, 1.807) is 5.38 Å². The van der Waals surface area contributed by atoms with Crippen molar-refractivity contribution in [2.75, 3.05) is 13.1 Å². The zero-order valence-corrected chi connectivity index (χ0v) is 13.1. The summed E-state index contributed by atoms with van der Waals surface area (Å²) in [6, 6.07) is 4.92. The van der Waals surface area contributed by atoms with Crippen molar-refractivity contribution in [2.24, 2.45) is 0 Å². The van der Waals surface area contributed by atoms with Crippen LogP contribution in [0.2, 0.25) is 0 Å². The Morgan fingerprint density at radius 1 is 1.17 bits per heavy atom. The van der Waals surface area contributed by atoms with Crippen molar-refractivity contribution in [1.29, 1.82) is 0 Å². The van der Waals surface area contributed by atoms with Gasteiger partial charge in [0.1, 0.15) is 5.01 Å². The number of rotatable bonds is 3. The number of carbonyl (C=O) groups is 1. The third kappa shape index (κ3) is 3.72. The summed E-state index contributed by atoms with van der Waals surface area (Å²) in [5.74, 6) is 0.0618. The number of amides is 1. The van der Waals surface area contributed by atoms with Crippen molar-refractivity contribution in [1.82, 2.24) is 9.88 Å². The number of thiazole rings is 1. The molecule has 7 heteroatoms. The fraction of sp³-hybridized carbons (Fsp3) is 0.375. The van der Waals surface area contributed by atoms with Crippen LogP contribution >= 0.6 is 11.3 Å². The van der Waals surface area contributed by atoms with Gasteiger partial charge in [-0.2, -0.15) is 13.2 Å². The first-order valence-electron chi connectivity index (χ1n) is 7.33. The van der Waals surface area contributed by atoms with Crippen LogP contribution in [0.3, 0.4) is 0 Å². The van der Waals surface area contributed by atoms with Gasteiger partial charge in [-0.1, -0.05) is 12.1 Å². The number of halogens is 3. The number of alkyl halides is 3. The molecule has 2 heterocycles. The lowest BCUT2D eigenvalue weighted by atomic mass is 10.1. The lowest BCUT2D eigenvalue weighted by Crippen LogP contribution is -2.29. The Bertz CT molecular complexity index is 688. The third-order valence-electron chi connectivity index (χ3n) is 3.80. The summed E-state index contributed by atoms with van der Waals surface area (Å²) in [6.07, 6.45) is -2.01. The molecule has 1 aliphatic rings. The van der Waals surface area contributed by atoms with Crippen molar-refractivity contribution in [3.05, 3.63) is 40.9 Å². The van der Waals surface area contributed by atoms with Crippen LogP contribution in [-0.4, -0.2) is 28.9 Å². The van der Waals surface area contributed by atoms with Crippen LogP contribution in [0.15, 0.2) is 29.6 Å². The van der Waals surface area contributed by atoms with Gasteiger partial charge in [0.15, 0.2) is 0 Å². The molecule has 0 aliphatic carbocycles. The molecule has 3 rings (SSSR count). The number of hydrogen-bond acceptors (Lipinski definition) is 3. The van der Waals surface area contributed by atoms with Crippen molar-refractivity contribution in [3.8, 4) is 10.6 Å². The molecule has 3 nitrogen and oxygen atoms in total. The molecule has 1 aromatic carbocycles. The van der Waals surface area contributed by atoms with Gasteiger partial charge in [0, 0.05) is 24.0 Å². The van der Waals surface area contributed by atoms with Crippen molar-refractivity contribution in [2.45, 2.75) is 25.4 Å². The maximum atomic E-state index is 12.6. The largest absolute Gasteiger partial charge is 0.416 e. The van der Waals surface area contributed by atoms with Crippen LogP contribution in [0.5, 0.6) is 0 Å². The fourth-order valence-corrected chi connectivity index (χ4v) is 3.38. The Labute approximate surface area is 135 Å². The highest BCUT2D eigenvalue weighted by Gasteiger charge is 2.30. The average Bonchev–Trinajstić information content (AvgIpc) is 3.18. The molecule has 0 unspecified atom stereocenters. The second-order valence-corrected chi connectivity index (χ2v) is 6.34. The summed E-state index contributed by atoms with van der Waals surface area (Å²) in [6.45, 7) is 1.60. The molecule has 1 aliphatic heterocycles. The van der Waals surface area contributed by atoms with Gasteiger partial charge in [-0.05, 0) is 25.0 Å². The van der Waals surface area contributed by atoms with Crippen LogP contribution in [0.1, 0.15) is 24.1 Å². The fourth-order valence-electron chi connectivity index (χ4n) is 2.56. The summed E-state index contributed by atoms with van der Waals surface area (Å²) in [5.41, 5.74) is 0.618. The van der Waals surface area contributed by atoms with Crippen LogP contribution in [0.25, 0.3) is 10.6 Å². The molecular formula is C16H15F3N2OS. The minimum Gasteiger partial charge on any atom is -0.342 e. The molecule has 122 valence electrons. The molecule has 1 saturated heterocycles. The second kappa shape index (κ2) is 6.31. The standard InChI is InChI=1S/C16H15F3N2OS/c17-16(18,19)12-5-3-11(4-6-12)15-20-13(10-23-15)9-14(22)21-7-1-2-8-21/h3-6,10H,1-2,7-9H2. The van der Waals surface area contributed by atoms with E-state index in [9.17, 15) is 18.0 Å². The molecule has 1 aromatic heterocycles. The molecule has 1 fully saturated rings. The van der Waals surface area contributed by atoms with Crippen LogP contribution in [-0.2, 0) is 17.4 Å². The Kier molecular flexibility index (Phi) is 4.39. The van der Waals surface area contributed by atoms with E-state index in [1.165, 1.54) is 23.5 Å². The monoisotopic (exact) mass is 340 g/mol. The van der Waals surface area contributed by atoms with Gasteiger partial charge in [-0.25, -0.2) is 4.98 Å². The number of aromatic nitrogens is 1. The van der Waals surface area contributed by atoms with Crippen molar-refractivity contribution in [3.63, 3.8) is 0 Å². The van der Waals surface area contributed by atoms with E-state index in [4.69, 9.17) is 0 Å². The van der Waals surface area contributed by atoms with Crippen LogP contribution < -0.4 is 0 Å². The van der Waals surface area contributed by atoms with Crippen molar-refractivity contribution >= 4 is 17.2 Å². The maximum Gasteiger partial charge on any atom is 0.416 e.